The van der Waals surface area contributed by atoms with Crippen LogP contribution in [0.5, 0.6) is 0 Å². The Morgan fingerprint density at radius 1 is 1.50 bits per heavy atom. The second kappa shape index (κ2) is 7.13. The van der Waals surface area contributed by atoms with Crippen LogP contribution in [-0.4, -0.2) is 44.8 Å². The molecule has 0 saturated carbocycles. The summed E-state index contributed by atoms with van der Waals surface area (Å²) >= 11 is 0. The number of amides is 1. The summed E-state index contributed by atoms with van der Waals surface area (Å²) in [6.07, 6.45) is 5.85. The molecule has 1 aromatic heterocycles. The van der Waals surface area contributed by atoms with E-state index in [1.807, 2.05) is 18.7 Å². The lowest BCUT2D eigenvalue weighted by molar-refractivity contribution is -0.136. The molecule has 0 radical (unpaired) electrons. The number of anilines is 1. The highest BCUT2D eigenvalue weighted by molar-refractivity contribution is 5.77. The highest BCUT2D eigenvalue weighted by Gasteiger charge is 2.34. The number of hydrogen-bond donors (Lipinski definition) is 3. The standard InChI is InChI=1S/C16H28N4O2/c1-3-6-16(22,7-4-2)9-14(21)20-8-5-12(11-20)15-13(17)10-18-19-15/h10,12,22H,3-9,11,17H2,1-2H3,(H,18,19). The number of nitrogens with one attached hydrogen (secondary N) is 1. The third kappa shape index (κ3) is 3.80. The Balaban J connectivity index is 1.95. The van der Waals surface area contributed by atoms with E-state index in [1.54, 1.807) is 6.20 Å². The predicted octanol–water partition coefficient (Wildman–Crippen LogP) is 2.03. The van der Waals surface area contributed by atoms with Crippen LogP contribution in [0.1, 0.15) is 64.0 Å². The molecule has 1 aliphatic rings. The second-order valence-electron chi connectivity index (χ2n) is 6.47. The molecule has 1 saturated heterocycles. The van der Waals surface area contributed by atoms with E-state index in [0.29, 0.717) is 25.1 Å². The summed E-state index contributed by atoms with van der Waals surface area (Å²) in [5, 5.41) is 17.5. The highest BCUT2D eigenvalue weighted by Crippen LogP contribution is 2.31. The fraction of sp³-hybridized carbons (Fsp3) is 0.750. The number of carbonyl (C=O) groups excluding carboxylic acids is 1. The quantitative estimate of drug-likeness (QED) is 0.718. The van der Waals surface area contributed by atoms with Crippen molar-refractivity contribution >= 4 is 11.6 Å². The van der Waals surface area contributed by atoms with Crippen LogP contribution >= 0.6 is 0 Å². The number of aromatic nitrogens is 2. The van der Waals surface area contributed by atoms with Crippen molar-refractivity contribution in [3.05, 3.63) is 11.9 Å². The zero-order chi connectivity index (χ0) is 16.2. The summed E-state index contributed by atoms with van der Waals surface area (Å²) in [5.41, 5.74) is 6.61. The van der Waals surface area contributed by atoms with Crippen LogP contribution in [0.3, 0.4) is 0 Å². The molecule has 1 aliphatic heterocycles. The fourth-order valence-corrected chi connectivity index (χ4v) is 3.48. The van der Waals surface area contributed by atoms with Gasteiger partial charge in [0.15, 0.2) is 0 Å². The number of aliphatic hydroxyl groups is 1. The fourth-order valence-electron chi connectivity index (χ4n) is 3.48. The van der Waals surface area contributed by atoms with Gasteiger partial charge in [0, 0.05) is 19.0 Å². The Hall–Kier alpha value is -1.56. The molecule has 2 rings (SSSR count). The number of H-pyrrole nitrogens is 1. The molecular weight excluding hydrogens is 280 g/mol. The molecule has 6 heteroatoms. The van der Waals surface area contributed by atoms with Gasteiger partial charge in [-0.2, -0.15) is 5.10 Å². The van der Waals surface area contributed by atoms with Crippen LogP contribution in [0.25, 0.3) is 0 Å². The van der Waals surface area contributed by atoms with E-state index >= 15 is 0 Å². The van der Waals surface area contributed by atoms with Gasteiger partial charge in [-0.05, 0) is 19.3 Å². The van der Waals surface area contributed by atoms with E-state index in [-0.39, 0.29) is 18.2 Å². The summed E-state index contributed by atoms with van der Waals surface area (Å²) in [5.74, 6) is 0.266. The van der Waals surface area contributed by atoms with Crippen LogP contribution in [0.4, 0.5) is 5.69 Å². The van der Waals surface area contributed by atoms with E-state index in [4.69, 9.17) is 5.73 Å². The Morgan fingerprint density at radius 3 is 2.73 bits per heavy atom. The summed E-state index contributed by atoms with van der Waals surface area (Å²) in [4.78, 5) is 14.4. The number of likely N-dealkylation sites (tertiary alicyclic amines) is 1. The largest absolute Gasteiger partial charge is 0.396 e. The first-order valence-corrected chi connectivity index (χ1v) is 8.28. The molecule has 0 aliphatic carbocycles. The smallest absolute Gasteiger partial charge is 0.225 e. The van der Waals surface area contributed by atoms with Gasteiger partial charge in [0.05, 0.1) is 29.6 Å². The number of nitrogen functional groups attached to an aromatic ring is 1. The number of carbonyl (C=O) groups is 1. The lowest BCUT2D eigenvalue weighted by Crippen LogP contribution is -2.38. The monoisotopic (exact) mass is 308 g/mol. The van der Waals surface area contributed by atoms with Crippen molar-refractivity contribution in [2.24, 2.45) is 0 Å². The molecule has 4 N–H and O–H groups in total. The van der Waals surface area contributed by atoms with Crippen molar-refractivity contribution in [3.63, 3.8) is 0 Å². The second-order valence-corrected chi connectivity index (χ2v) is 6.47. The third-order valence-corrected chi connectivity index (χ3v) is 4.56. The average molecular weight is 308 g/mol. The van der Waals surface area contributed by atoms with Crippen molar-refractivity contribution in [1.82, 2.24) is 15.1 Å². The molecule has 1 fully saturated rings. The van der Waals surface area contributed by atoms with Crippen LogP contribution in [-0.2, 0) is 4.79 Å². The Labute approximate surface area is 132 Å². The van der Waals surface area contributed by atoms with Crippen molar-refractivity contribution in [2.45, 2.75) is 63.9 Å². The van der Waals surface area contributed by atoms with Gasteiger partial charge in [0.2, 0.25) is 5.91 Å². The lowest BCUT2D eigenvalue weighted by atomic mass is 9.89. The van der Waals surface area contributed by atoms with Gasteiger partial charge in [0.1, 0.15) is 0 Å². The van der Waals surface area contributed by atoms with Crippen LogP contribution < -0.4 is 5.73 Å². The number of nitrogens with zero attached hydrogens (tertiary/aromatic N) is 2. The molecule has 2 heterocycles. The number of nitrogens with two attached hydrogens (primary N) is 1. The maximum absolute atomic E-state index is 12.5. The zero-order valence-electron chi connectivity index (χ0n) is 13.6. The molecule has 0 aromatic carbocycles. The summed E-state index contributed by atoms with van der Waals surface area (Å²) in [7, 11) is 0. The predicted molar refractivity (Wildman–Crippen MR) is 86.3 cm³/mol. The van der Waals surface area contributed by atoms with Crippen molar-refractivity contribution in [2.75, 3.05) is 18.8 Å². The van der Waals surface area contributed by atoms with Gasteiger partial charge >= 0.3 is 0 Å². The molecule has 1 amide bonds. The van der Waals surface area contributed by atoms with Gasteiger partial charge in [-0.1, -0.05) is 26.7 Å². The van der Waals surface area contributed by atoms with Crippen LogP contribution in [0, 0.1) is 0 Å². The van der Waals surface area contributed by atoms with Gasteiger partial charge in [-0.15, -0.1) is 0 Å². The minimum Gasteiger partial charge on any atom is -0.396 e. The summed E-state index contributed by atoms with van der Waals surface area (Å²) in [6.45, 7) is 5.45. The first kappa shape index (κ1) is 16.8. The van der Waals surface area contributed by atoms with Crippen molar-refractivity contribution < 1.29 is 9.90 Å². The zero-order valence-corrected chi connectivity index (χ0v) is 13.6. The van der Waals surface area contributed by atoms with Crippen molar-refractivity contribution in [3.8, 4) is 0 Å². The molecule has 0 spiro atoms. The SMILES string of the molecule is CCCC(O)(CCC)CC(=O)N1CCC(c2[nH]ncc2N)C1. The van der Waals surface area contributed by atoms with Crippen molar-refractivity contribution in [1.29, 1.82) is 0 Å². The Kier molecular flexibility index (Phi) is 5.45. The molecule has 124 valence electrons. The number of rotatable bonds is 7. The maximum atomic E-state index is 12.5. The van der Waals surface area contributed by atoms with Gasteiger partial charge in [-0.3, -0.25) is 9.89 Å². The minimum atomic E-state index is -0.855. The van der Waals surface area contributed by atoms with E-state index in [1.165, 1.54) is 0 Å². The third-order valence-electron chi connectivity index (χ3n) is 4.56. The topological polar surface area (TPSA) is 95.2 Å². The molecule has 0 bridgehead atoms. The average Bonchev–Trinajstić information content (AvgIpc) is 3.07. The van der Waals surface area contributed by atoms with E-state index in [9.17, 15) is 9.90 Å². The van der Waals surface area contributed by atoms with Gasteiger partial charge in [-0.25, -0.2) is 0 Å². The maximum Gasteiger partial charge on any atom is 0.225 e. The lowest BCUT2D eigenvalue weighted by Gasteiger charge is -2.29. The summed E-state index contributed by atoms with van der Waals surface area (Å²) in [6, 6.07) is 0. The van der Waals surface area contributed by atoms with Crippen LogP contribution in [0.2, 0.25) is 0 Å². The molecule has 1 aromatic rings. The Bertz CT molecular complexity index is 494. The van der Waals surface area contributed by atoms with Gasteiger partial charge in [0.25, 0.3) is 0 Å². The Morgan fingerprint density at radius 2 is 2.18 bits per heavy atom. The number of hydrogen-bond acceptors (Lipinski definition) is 4. The molecular formula is C16H28N4O2. The molecule has 22 heavy (non-hydrogen) atoms. The first-order chi connectivity index (χ1) is 10.5. The van der Waals surface area contributed by atoms with E-state index in [0.717, 1.165) is 31.5 Å². The first-order valence-electron chi connectivity index (χ1n) is 8.28. The van der Waals surface area contributed by atoms with Crippen LogP contribution in [0.15, 0.2) is 6.20 Å². The van der Waals surface area contributed by atoms with Gasteiger partial charge < -0.3 is 15.7 Å². The number of aromatic amines is 1. The minimum absolute atomic E-state index is 0.0463. The molecule has 1 atom stereocenters. The van der Waals surface area contributed by atoms with E-state index < -0.39 is 5.60 Å². The normalized spacial score (nSPS) is 18.9. The summed E-state index contributed by atoms with van der Waals surface area (Å²) < 4.78 is 0. The molecule has 1 unspecified atom stereocenters. The highest BCUT2D eigenvalue weighted by atomic mass is 16.3. The van der Waals surface area contributed by atoms with E-state index in [2.05, 4.69) is 10.2 Å². The molecule has 6 nitrogen and oxygen atoms in total.